The lowest BCUT2D eigenvalue weighted by Gasteiger charge is -2.30. The topological polar surface area (TPSA) is 58.6 Å². The summed E-state index contributed by atoms with van der Waals surface area (Å²) in [5, 5.41) is 3.41. The van der Waals surface area contributed by atoms with Crippen LogP contribution in [0.2, 0.25) is 5.02 Å². The molecule has 0 spiro atoms. The Labute approximate surface area is 175 Å². The monoisotopic (exact) mass is 420 g/mol. The van der Waals surface area contributed by atoms with E-state index in [1.165, 1.54) is 29.2 Å². The number of hydrogen-bond acceptors (Lipinski definition) is 3. The average Bonchev–Trinajstić information content (AvgIpc) is 2.71. The summed E-state index contributed by atoms with van der Waals surface area (Å²) in [7, 11) is 0. The molecule has 5 nitrogen and oxygen atoms in total. The Bertz CT molecular complexity index is 829. The summed E-state index contributed by atoms with van der Waals surface area (Å²) in [6.45, 7) is 5.43. The largest absolute Gasteiger partial charge is 0.484 e. The third-order valence-corrected chi connectivity index (χ3v) is 5.01. The van der Waals surface area contributed by atoms with Gasteiger partial charge in [0.1, 0.15) is 17.6 Å². The van der Waals surface area contributed by atoms with Gasteiger partial charge in [-0.2, -0.15) is 0 Å². The summed E-state index contributed by atoms with van der Waals surface area (Å²) in [5.41, 5.74) is 0.729. The molecule has 156 valence electrons. The van der Waals surface area contributed by atoms with Crippen molar-refractivity contribution in [3.63, 3.8) is 0 Å². The van der Waals surface area contributed by atoms with E-state index in [9.17, 15) is 14.0 Å². The number of amides is 2. The standard InChI is InChI=1S/C22H26ClFN2O3/c1-4-15(2)25-22(28)16(3)26(13-17-7-5-6-8-20(17)23)21(27)14-29-19-11-9-18(24)10-12-19/h5-12,15-16H,4,13-14H2,1-3H3,(H,25,28)/t15-,16+/m0/s1. The van der Waals surface area contributed by atoms with Crippen LogP contribution >= 0.6 is 11.6 Å². The Balaban J connectivity index is 2.15. The van der Waals surface area contributed by atoms with Gasteiger partial charge in [-0.05, 0) is 56.2 Å². The van der Waals surface area contributed by atoms with Crippen molar-refractivity contribution in [2.24, 2.45) is 0 Å². The first kappa shape index (κ1) is 22.7. The normalized spacial score (nSPS) is 12.7. The Morgan fingerprint density at radius 3 is 2.41 bits per heavy atom. The lowest BCUT2D eigenvalue weighted by atomic mass is 10.1. The Hall–Kier alpha value is -2.60. The fourth-order valence-corrected chi connectivity index (χ4v) is 2.81. The second-order valence-corrected chi connectivity index (χ2v) is 7.26. The van der Waals surface area contributed by atoms with Gasteiger partial charge in [0.2, 0.25) is 5.91 Å². The molecule has 0 fully saturated rings. The number of carbonyl (C=O) groups is 2. The number of carbonyl (C=O) groups excluding carboxylic acids is 2. The van der Waals surface area contributed by atoms with Crippen LogP contribution in [0.15, 0.2) is 48.5 Å². The van der Waals surface area contributed by atoms with Crippen LogP contribution in [-0.2, 0) is 16.1 Å². The van der Waals surface area contributed by atoms with Crippen molar-refractivity contribution in [3.05, 3.63) is 64.9 Å². The highest BCUT2D eigenvalue weighted by Gasteiger charge is 2.27. The van der Waals surface area contributed by atoms with Crippen LogP contribution in [-0.4, -0.2) is 35.4 Å². The number of hydrogen-bond donors (Lipinski definition) is 1. The van der Waals surface area contributed by atoms with Gasteiger partial charge in [0.05, 0.1) is 0 Å². The zero-order valence-electron chi connectivity index (χ0n) is 16.8. The van der Waals surface area contributed by atoms with Gasteiger partial charge in [-0.3, -0.25) is 9.59 Å². The smallest absolute Gasteiger partial charge is 0.261 e. The highest BCUT2D eigenvalue weighted by Crippen LogP contribution is 2.19. The van der Waals surface area contributed by atoms with E-state index >= 15 is 0 Å². The summed E-state index contributed by atoms with van der Waals surface area (Å²) in [4.78, 5) is 27.0. The van der Waals surface area contributed by atoms with E-state index < -0.39 is 6.04 Å². The van der Waals surface area contributed by atoms with Gasteiger partial charge in [0.15, 0.2) is 6.61 Å². The summed E-state index contributed by atoms with van der Waals surface area (Å²) in [6.07, 6.45) is 0.782. The molecule has 0 saturated heterocycles. The summed E-state index contributed by atoms with van der Waals surface area (Å²) in [5.74, 6) is -0.643. The fraction of sp³-hybridized carbons (Fsp3) is 0.364. The van der Waals surface area contributed by atoms with Crippen molar-refractivity contribution in [2.75, 3.05) is 6.61 Å². The maximum atomic E-state index is 13.0. The molecule has 0 aliphatic heterocycles. The summed E-state index contributed by atoms with van der Waals surface area (Å²) in [6, 6.07) is 11.8. The van der Waals surface area contributed by atoms with Gasteiger partial charge < -0.3 is 15.0 Å². The molecule has 7 heteroatoms. The Morgan fingerprint density at radius 2 is 1.79 bits per heavy atom. The molecule has 0 aliphatic rings. The molecule has 0 aromatic heterocycles. The summed E-state index contributed by atoms with van der Waals surface area (Å²) < 4.78 is 18.5. The zero-order valence-corrected chi connectivity index (χ0v) is 17.6. The van der Waals surface area contributed by atoms with E-state index in [2.05, 4.69) is 5.32 Å². The number of halogens is 2. The second-order valence-electron chi connectivity index (χ2n) is 6.85. The fourth-order valence-electron chi connectivity index (χ4n) is 2.62. The van der Waals surface area contributed by atoms with E-state index in [0.717, 1.165) is 12.0 Å². The minimum absolute atomic E-state index is 0.00215. The summed E-state index contributed by atoms with van der Waals surface area (Å²) >= 11 is 6.25. The third kappa shape index (κ3) is 6.75. The maximum absolute atomic E-state index is 13.0. The quantitative estimate of drug-likeness (QED) is 0.661. The molecule has 0 saturated carbocycles. The number of nitrogens with zero attached hydrogens (tertiary/aromatic N) is 1. The van der Waals surface area contributed by atoms with Gasteiger partial charge in [-0.25, -0.2) is 4.39 Å². The molecule has 1 N–H and O–H groups in total. The van der Waals surface area contributed by atoms with Gasteiger partial charge in [-0.1, -0.05) is 36.7 Å². The molecule has 2 aromatic carbocycles. The van der Waals surface area contributed by atoms with E-state index in [-0.39, 0.29) is 36.8 Å². The van der Waals surface area contributed by atoms with Gasteiger partial charge in [0.25, 0.3) is 5.91 Å². The van der Waals surface area contributed by atoms with Crippen molar-refractivity contribution in [2.45, 2.75) is 45.8 Å². The molecule has 2 rings (SSSR count). The average molecular weight is 421 g/mol. The van der Waals surface area contributed by atoms with Gasteiger partial charge in [0, 0.05) is 17.6 Å². The van der Waals surface area contributed by atoms with E-state index in [1.807, 2.05) is 26.0 Å². The predicted molar refractivity (Wildman–Crippen MR) is 111 cm³/mol. The van der Waals surface area contributed by atoms with Crippen molar-refractivity contribution in [3.8, 4) is 5.75 Å². The van der Waals surface area contributed by atoms with E-state index in [0.29, 0.717) is 10.8 Å². The van der Waals surface area contributed by atoms with Crippen LogP contribution in [0, 0.1) is 5.82 Å². The molecule has 29 heavy (non-hydrogen) atoms. The van der Waals surface area contributed by atoms with Crippen LogP contribution in [0.1, 0.15) is 32.8 Å². The first-order chi connectivity index (χ1) is 13.8. The van der Waals surface area contributed by atoms with Crippen molar-refractivity contribution in [1.82, 2.24) is 10.2 Å². The molecule has 0 aliphatic carbocycles. The zero-order chi connectivity index (χ0) is 21.4. The molecular weight excluding hydrogens is 395 g/mol. The molecule has 2 amide bonds. The molecular formula is C22H26ClFN2O3. The van der Waals surface area contributed by atoms with Crippen LogP contribution in [0.5, 0.6) is 5.75 Å². The Kier molecular flexibility index (Phi) is 8.46. The SMILES string of the molecule is CC[C@H](C)NC(=O)[C@@H](C)N(Cc1ccccc1Cl)C(=O)COc1ccc(F)cc1. The van der Waals surface area contributed by atoms with Crippen molar-refractivity contribution < 1.29 is 18.7 Å². The number of benzene rings is 2. The second kappa shape index (κ2) is 10.8. The van der Waals surface area contributed by atoms with Crippen molar-refractivity contribution in [1.29, 1.82) is 0 Å². The minimum Gasteiger partial charge on any atom is -0.484 e. The lowest BCUT2D eigenvalue weighted by molar-refractivity contribution is -0.142. The van der Waals surface area contributed by atoms with Gasteiger partial charge in [-0.15, -0.1) is 0 Å². The minimum atomic E-state index is -0.718. The van der Waals surface area contributed by atoms with Crippen LogP contribution in [0.4, 0.5) is 4.39 Å². The molecule has 0 unspecified atom stereocenters. The van der Waals surface area contributed by atoms with E-state index in [4.69, 9.17) is 16.3 Å². The maximum Gasteiger partial charge on any atom is 0.261 e. The highest BCUT2D eigenvalue weighted by molar-refractivity contribution is 6.31. The van der Waals surface area contributed by atoms with Crippen LogP contribution < -0.4 is 10.1 Å². The number of rotatable bonds is 9. The molecule has 0 bridgehead atoms. The molecule has 0 radical (unpaired) electrons. The molecule has 2 atom stereocenters. The van der Waals surface area contributed by atoms with Gasteiger partial charge >= 0.3 is 0 Å². The first-order valence-corrected chi connectivity index (χ1v) is 9.91. The van der Waals surface area contributed by atoms with Crippen LogP contribution in [0.25, 0.3) is 0 Å². The number of nitrogens with one attached hydrogen (secondary N) is 1. The predicted octanol–water partition coefficient (Wildman–Crippen LogP) is 4.19. The highest BCUT2D eigenvalue weighted by atomic mass is 35.5. The molecule has 0 heterocycles. The third-order valence-electron chi connectivity index (χ3n) is 4.64. The number of ether oxygens (including phenoxy) is 1. The van der Waals surface area contributed by atoms with Crippen LogP contribution in [0.3, 0.4) is 0 Å². The van der Waals surface area contributed by atoms with E-state index in [1.54, 1.807) is 19.1 Å². The first-order valence-electron chi connectivity index (χ1n) is 9.53. The lowest BCUT2D eigenvalue weighted by Crippen LogP contribution is -2.50. The van der Waals surface area contributed by atoms with Crippen molar-refractivity contribution >= 4 is 23.4 Å². The molecule has 2 aromatic rings. The Morgan fingerprint density at radius 1 is 1.14 bits per heavy atom.